The molecule has 0 radical (unpaired) electrons. The average Bonchev–Trinajstić information content (AvgIpc) is 2.08. The Hall–Kier alpha value is -0.870. The van der Waals surface area contributed by atoms with Crippen LogP contribution in [-0.4, -0.2) is 5.91 Å². The van der Waals surface area contributed by atoms with Crippen LogP contribution in [0.3, 0.4) is 0 Å². The molecule has 70 valence electrons. The minimum atomic E-state index is -0.197. The standard InChI is InChI=1S/C9H10BrNO2/c1-7(12)11-13-6-8-2-4-9(10)5-3-8/h2-5H,6H2,1H3,(H,11,12). The van der Waals surface area contributed by atoms with Crippen LogP contribution < -0.4 is 5.48 Å². The first kappa shape index (κ1) is 10.2. The van der Waals surface area contributed by atoms with Gasteiger partial charge in [-0.25, -0.2) is 5.48 Å². The minimum absolute atomic E-state index is 0.197. The summed E-state index contributed by atoms with van der Waals surface area (Å²) >= 11 is 3.33. The first-order valence-electron chi connectivity index (χ1n) is 3.81. The van der Waals surface area contributed by atoms with Crippen LogP contribution in [0.15, 0.2) is 28.7 Å². The zero-order chi connectivity index (χ0) is 9.68. The molecule has 0 saturated carbocycles. The van der Waals surface area contributed by atoms with E-state index in [0.29, 0.717) is 6.61 Å². The molecule has 13 heavy (non-hydrogen) atoms. The second-order valence-electron chi connectivity index (χ2n) is 2.57. The zero-order valence-corrected chi connectivity index (χ0v) is 8.80. The number of benzene rings is 1. The van der Waals surface area contributed by atoms with Crippen molar-refractivity contribution < 1.29 is 9.63 Å². The Kier molecular flexibility index (Phi) is 3.92. The molecule has 0 bridgehead atoms. The van der Waals surface area contributed by atoms with Crippen molar-refractivity contribution in [2.45, 2.75) is 13.5 Å². The predicted molar refractivity (Wildman–Crippen MR) is 52.7 cm³/mol. The maximum absolute atomic E-state index is 10.4. The second kappa shape index (κ2) is 4.99. The minimum Gasteiger partial charge on any atom is -0.273 e. The molecule has 0 saturated heterocycles. The Labute approximate surface area is 85.2 Å². The number of hydrogen-bond acceptors (Lipinski definition) is 2. The van der Waals surface area contributed by atoms with E-state index in [1.54, 1.807) is 0 Å². The maximum Gasteiger partial charge on any atom is 0.240 e. The van der Waals surface area contributed by atoms with Gasteiger partial charge in [-0.2, -0.15) is 0 Å². The lowest BCUT2D eigenvalue weighted by Gasteiger charge is -2.02. The maximum atomic E-state index is 10.4. The number of amides is 1. The summed E-state index contributed by atoms with van der Waals surface area (Å²) in [5, 5.41) is 0. The lowest BCUT2D eigenvalue weighted by molar-refractivity contribution is -0.132. The van der Waals surface area contributed by atoms with E-state index >= 15 is 0 Å². The molecular weight excluding hydrogens is 234 g/mol. The topological polar surface area (TPSA) is 38.3 Å². The van der Waals surface area contributed by atoms with E-state index < -0.39 is 0 Å². The van der Waals surface area contributed by atoms with Gasteiger partial charge in [-0.15, -0.1) is 0 Å². The van der Waals surface area contributed by atoms with Gasteiger partial charge in [0.25, 0.3) is 0 Å². The van der Waals surface area contributed by atoms with Gasteiger partial charge < -0.3 is 0 Å². The molecule has 4 heteroatoms. The van der Waals surface area contributed by atoms with Crippen LogP contribution in [-0.2, 0) is 16.2 Å². The van der Waals surface area contributed by atoms with Crippen LogP contribution in [0.2, 0.25) is 0 Å². The van der Waals surface area contributed by atoms with E-state index in [9.17, 15) is 4.79 Å². The highest BCUT2D eigenvalue weighted by Gasteiger charge is 1.94. The molecule has 0 atom stereocenters. The number of carbonyl (C=O) groups excluding carboxylic acids is 1. The van der Waals surface area contributed by atoms with Crippen molar-refractivity contribution in [2.75, 3.05) is 0 Å². The third kappa shape index (κ3) is 4.05. The van der Waals surface area contributed by atoms with E-state index in [1.165, 1.54) is 6.92 Å². The van der Waals surface area contributed by atoms with Crippen LogP contribution in [0, 0.1) is 0 Å². The Balaban J connectivity index is 2.37. The third-order valence-corrected chi connectivity index (χ3v) is 1.90. The van der Waals surface area contributed by atoms with Gasteiger partial charge in [0.1, 0.15) is 0 Å². The van der Waals surface area contributed by atoms with E-state index in [1.807, 2.05) is 24.3 Å². The van der Waals surface area contributed by atoms with Gasteiger partial charge in [0, 0.05) is 11.4 Å². The van der Waals surface area contributed by atoms with Gasteiger partial charge >= 0.3 is 0 Å². The molecule has 1 rings (SSSR count). The molecule has 1 N–H and O–H groups in total. The third-order valence-electron chi connectivity index (χ3n) is 1.37. The zero-order valence-electron chi connectivity index (χ0n) is 7.21. The van der Waals surface area contributed by atoms with Crippen LogP contribution in [0.5, 0.6) is 0 Å². The van der Waals surface area contributed by atoms with Crippen molar-refractivity contribution in [2.24, 2.45) is 0 Å². The fourth-order valence-corrected chi connectivity index (χ4v) is 1.07. The SMILES string of the molecule is CC(=O)NOCc1ccc(Br)cc1. The molecule has 3 nitrogen and oxygen atoms in total. The highest BCUT2D eigenvalue weighted by molar-refractivity contribution is 9.10. The number of halogens is 1. The quantitative estimate of drug-likeness (QED) is 0.826. The summed E-state index contributed by atoms with van der Waals surface area (Å²) < 4.78 is 1.02. The molecule has 0 heterocycles. The fraction of sp³-hybridized carbons (Fsp3) is 0.222. The van der Waals surface area contributed by atoms with Gasteiger partial charge in [0.05, 0.1) is 6.61 Å². The van der Waals surface area contributed by atoms with E-state index in [2.05, 4.69) is 21.4 Å². The molecule has 0 aliphatic heterocycles. The summed E-state index contributed by atoms with van der Waals surface area (Å²) in [6.07, 6.45) is 0. The largest absolute Gasteiger partial charge is 0.273 e. The van der Waals surface area contributed by atoms with Crippen LogP contribution in [0.25, 0.3) is 0 Å². The number of carbonyl (C=O) groups is 1. The number of hydroxylamine groups is 1. The molecule has 0 aliphatic carbocycles. The van der Waals surface area contributed by atoms with Crippen molar-refractivity contribution in [3.63, 3.8) is 0 Å². The average molecular weight is 244 g/mol. The molecule has 0 aromatic heterocycles. The lowest BCUT2D eigenvalue weighted by atomic mass is 10.2. The Morgan fingerprint density at radius 2 is 2.08 bits per heavy atom. The van der Waals surface area contributed by atoms with E-state index in [4.69, 9.17) is 4.84 Å². The number of nitrogens with one attached hydrogen (secondary N) is 1. The summed E-state index contributed by atoms with van der Waals surface area (Å²) in [5.74, 6) is -0.197. The summed E-state index contributed by atoms with van der Waals surface area (Å²) in [4.78, 5) is 15.4. The van der Waals surface area contributed by atoms with Crippen molar-refractivity contribution in [3.8, 4) is 0 Å². The predicted octanol–water partition coefficient (Wildman–Crippen LogP) is 2.02. The Bertz CT molecular complexity index is 284. The summed E-state index contributed by atoms with van der Waals surface area (Å²) in [6, 6.07) is 7.69. The van der Waals surface area contributed by atoms with Gasteiger partial charge in [-0.1, -0.05) is 28.1 Å². The lowest BCUT2D eigenvalue weighted by Crippen LogP contribution is -2.19. The normalized spacial score (nSPS) is 9.69. The molecular formula is C9H10BrNO2. The number of hydrogen-bond donors (Lipinski definition) is 1. The van der Waals surface area contributed by atoms with E-state index in [0.717, 1.165) is 10.0 Å². The Morgan fingerprint density at radius 3 is 2.62 bits per heavy atom. The Morgan fingerprint density at radius 1 is 1.46 bits per heavy atom. The highest BCUT2D eigenvalue weighted by atomic mass is 79.9. The summed E-state index contributed by atoms with van der Waals surface area (Å²) in [5.41, 5.74) is 3.27. The molecule has 0 spiro atoms. The van der Waals surface area contributed by atoms with Gasteiger partial charge in [0.2, 0.25) is 5.91 Å². The van der Waals surface area contributed by atoms with Crippen LogP contribution in [0.4, 0.5) is 0 Å². The molecule has 1 aromatic rings. The molecule has 0 unspecified atom stereocenters. The fourth-order valence-electron chi connectivity index (χ4n) is 0.802. The highest BCUT2D eigenvalue weighted by Crippen LogP contribution is 2.10. The van der Waals surface area contributed by atoms with Crippen molar-refractivity contribution in [3.05, 3.63) is 34.3 Å². The smallest absolute Gasteiger partial charge is 0.240 e. The summed E-state index contributed by atoms with van der Waals surface area (Å²) in [7, 11) is 0. The monoisotopic (exact) mass is 243 g/mol. The summed E-state index contributed by atoms with van der Waals surface area (Å²) in [6.45, 7) is 1.79. The van der Waals surface area contributed by atoms with Crippen LogP contribution in [0.1, 0.15) is 12.5 Å². The first-order chi connectivity index (χ1) is 6.18. The van der Waals surface area contributed by atoms with Gasteiger partial charge in [-0.05, 0) is 17.7 Å². The van der Waals surface area contributed by atoms with Gasteiger partial charge in [0.15, 0.2) is 0 Å². The van der Waals surface area contributed by atoms with Crippen molar-refractivity contribution in [1.82, 2.24) is 5.48 Å². The van der Waals surface area contributed by atoms with E-state index in [-0.39, 0.29) is 5.91 Å². The molecule has 0 aliphatic rings. The van der Waals surface area contributed by atoms with Gasteiger partial charge in [-0.3, -0.25) is 9.63 Å². The molecule has 1 aromatic carbocycles. The molecule has 1 amide bonds. The first-order valence-corrected chi connectivity index (χ1v) is 4.60. The number of rotatable bonds is 3. The van der Waals surface area contributed by atoms with Crippen molar-refractivity contribution >= 4 is 21.8 Å². The second-order valence-corrected chi connectivity index (χ2v) is 3.49. The molecule has 0 fully saturated rings. The van der Waals surface area contributed by atoms with Crippen molar-refractivity contribution in [1.29, 1.82) is 0 Å². The van der Waals surface area contributed by atoms with Crippen LogP contribution >= 0.6 is 15.9 Å².